The third kappa shape index (κ3) is 4.97. The zero-order chi connectivity index (χ0) is 26.0. The Hall–Kier alpha value is -3.91. The van der Waals surface area contributed by atoms with Crippen molar-refractivity contribution in [2.45, 2.75) is 39.7 Å². The van der Waals surface area contributed by atoms with Crippen molar-refractivity contribution in [3.63, 3.8) is 0 Å². The first-order chi connectivity index (χ1) is 16.5. The molecule has 0 saturated carbocycles. The van der Waals surface area contributed by atoms with Gasteiger partial charge in [-0.2, -0.15) is 0 Å². The highest BCUT2D eigenvalue weighted by molar-refractivity contribution is 5.91. The fourth-order valence-electron chi connectivity index (χ4n) is 3.76. The number of phenolic OH excluding ortho intramolecular Hbond substituents is 3. The molecule has 0 aliphatic rings. The summed E-state index contributed by atoms with van der Waals surface area (Å²) in [6.45, 7) is 9.33. The summed E-state index contributed by atoms with van der Waals surface area (Å²) < 4.78 is 16.3. The van der Waals surface area contributed by atoms with Crippen molar-refractivity contribution < 1.29 is 34.3 Å². The number of fused-ring (bicyclic) bond motifs is 1. The normalized spacial score (nSPS) is 11.8. The van der Waals surface area contributed by atoms with Gasteiger partial charge in [-0.25, -0.2) is 0 Å². The minimum absolute atomic E-state index is 0.0219. The van der Waals surface area contributed by atoms with E-state index >= 15 is 0 Å². The number of ether oxygens (including phenoxy) is 2. The van der Waals surface area contributed by atoms with Gasteiger partial charge in [-0.3, -0.25) is 4.79 Å². The largest absolute Gasteiger partial charge is 0.507 e. The fraction of sp³-hybridized carbons (Fsp3) is 0.296. The van der Waals surface area contributed by atoms with Crippen LogP contribution in [0.15, 0.2) is 51.2 Å². The lowest BCUT2D eigenvalue weighted by molar-refractivity contribution is 0.210. The molecule has 1 heterocycles. The predicted molar refractivity (Wildman–Crippen MR) is 134 cm³/mol. The first-order valence-corrected chi connectivity index (χ1v) is 11.0. The Bertz CT molecular complexity index is 1380. The maximum absolute atomic E-state index is 13.3. The zero-order valence-electron chi connectivity index (χ0n) is 20.4. The molecule has 4 N–H and O–H groups in total. The Morgan fingerprint density at radius 2 is 1.66 bits per heavy atom. The number of aliphatic hydroxyl groups excluding tert-OH is 1. The van der Waals surface area contributed by atoms with E-state index < -0.39 is 23.0 Å². The second kappa shape index (κ2) is 10.1. The molecule has 3 rings (SSSR count). The van der Waals surface area contributed by atoms with Crippen LogP contribution in [0.5, 0.6) is 28.7 Å². The fourth-order valence-corrected chi connectivity index (χ4v) is 3.76. The van der Waals surface area contributed by atoms with Crippen LogP contribution in [-0.4, -0.2) is 40.7 Å². The Labute approximate surface area is 203 Å². The third-order valence-corrected chi connectivity index (χ3v) is 5.70. The van der Waals surface area contributed by atoms with E-state index in [4.69, 9.17) is 13.9 Å². The predicted octanol–water partition coefficient (Wildman–Crippen LogP) is 4.58. The molecule has 35 heavy (non-hydrogen) atoms. The van der Waals surface area contributed by atoms with E-state index in [2.05, 4.69) is 6.58 Å². The quantitative estimate of drug-likeness (QED) is 0.343. The van der Waals surface area contributed by atoms with Crippen LogP contribution in [-0.2, 0) is 12.8 Å². The monoisotopic (exact) mass is 482 g/mol. The number of allylic oxidation sites excluding steroid dienone is 2. The first kappa shape index (κ1) is 25.7. The van der Waals surface area contributed by atoms with Crippen LogP contribution in [0.25, 0.3) is 22.3 Å². The topological polar surface area (TPSA) is 130 Å². The maximum atomic E-state index is 13.3. The SMILES string of the molecule is C=C(C)[C@@H](O)Cc1cc(-c2oc3cc(O)c(OC)c(O)c3c(=O)c2OC)cc(CC=C(C)C)c1O. The van der Waals surface area contributed by atoms with E-state index in [1.807, 2.05) is 19.9 Å². The number of aliphatic hydroxyl groups is 1. The minimum atomic E-state index is -0.890. The number of aromatic hydroxyl groups is 3. The summed E-state index contributed by atoms with van der Waals surface area (Å²) >= 11 is 0. The van der Waals surface area contributed by atoms with Crippen LogP contribution in [0.4, 0.5) is 0 Å². The molecule has 0 spiro atoms. The van der Waals surface area contributed by atoms with Crippen LogP contribution in [0.1, 0.15) is 31.9 Å². The summed E-state index contributed by atoms with van der Waals surface area (Å²) in [7, 11) is 2.55. The highest BCUT2D eigenvalue weighted by atomic mass is 16.5. The van der Waals surface area contributed by atoms with E-state index in [9.17, 15) is 25.2 Å². The van der Waals surface area contributed by atoms with Crippen molar-refractivity contribution in [3.8, 4) is 40.1 Å². The van der Waals surface area contributed by atoms with Gasteiger partial charge < -0.3 is 34.3 Å². The molecule has 0 aliphatic carbocycles. The van der Waals surface area contributed by atoms with Crippen molar-refractivity contribution in [3.05, 3.63) is 63.4 Å². The van der Waals surface area contributed by atoms with E-state index in [-0.39, 0.29) is 40.4 Å². The molecule has 0 saturated heterocycles. The van der Waals surface area contributed by atoms with Crippen LogP contribution in [0.3, 0.4) is 0 Å². The van der Waals surface area contributed by atoms with E-state index in [0.717, 1.165) is 5.57 Å². The lowest BCUT2D eigenvalue weighted by Gasteiger charge is -2.17. The molecule has 186 valence electrons. The molecule has 0 fully saturated rings. The standard InChI is InChI=1S/C27H30O8/c1-13(2)7-8-15-9-17(10-16(22(15)30)11-18(28)14(3)4)25-27(34-6)24(32)21-20(35-25)12-19(29)26(33-5)23(21)31/h7,9-10,12,18,28-31H,3,8,11H2,1-2,4-6H3/t18-/m0/s1. The summed E-state index contributed by atoms with van der Waals surface area (Å²) in [5, 5.41) is 41.8. The molecule has 3 aromatic rings. The third-order valence-electron chi connectivity index (χ3n) is 5.70. The van der Waals surface area contributed by atoms with Gasteiger partial charge in [-0.1, -0.05) is 23.8 Å². The summed E-state index contributed by atoms with van der Waals surface area (Å²) in [6.07, 6.45) is 1.54. The summed E-state index contributed by atoms with van der Waals surface area (Å²) in [5.41, 5.74) is 2.24. The van der Waals surface area contributed by atoms with Gasteiger partial charge in [0.05, 0.1) is 20.3 Å². The van der Waals surface area contributed by atoms with Crippen molar-refractivity contribution in [1.29, 1.82) is 0 Å². The molecule has 0 aliphatic heterocycles. The van der Waals surface area contributed by atoms with E-state index in [1.165, 1.54) is 20.3 Å². The van der Waals surface area contributed by atoms with E-state index in [1.54, 1.807) is 19.1 Å². The lowest BCUT2D eigenvalue weighted by Crippen LogP contribution is -2.12. The van der Waals surface area contributed by atoms with Crippen LogP contribution < -0.4 is 14.9 Å². The van der Waals surface area contributed by atoms with Crippen molar-refractivity contribution >= 4 is 11.0 Å². The molecule has 1 aromatic heterocycles. The summed E-state index contributed by atoms with van der Waals surface area (Å²) in [6, 6.07) is 4.44. The Morgan fingerprint density at radius 1 is 1.03 bits per heavy atom. The maximum Gasteiger partial charge on any atom is 0.239 e. The number of benzene rings is 2. The number of hydrogen-bond acceptors (Lipinski definition) is 8. The summed E-state index contributed by atoms with van der Waals surface area (Å²) in [5.74, 6) is -1.35. The van der Waals surface area contributed by atoms with E-state index in [0.29, 0.717) is 28.7 Å². The van der Waals surface area contributed by atoms with Gasteiger partial charge in [-0.05, 0) is 50.5 Å². The Morgan fingerprint density at radius 3 is 2.23 bits per heavy atom. The number of phenols is 3. The molecule has 0 amide bonds. The molecule has 1 atom stereocenters. The lowest BCUT2D eigenvalue weighted by atomic mass is 9.94. The van der Waals surface area contributed by atoms with Gasteiger partial charge in [0.1, 0.15) is 16.7 Å². The van der Waals surface area contributed by atoms with Crippen molar-refractivity contribution in [1.82, 2.24) is 0 Å². The van der Waals surface area contributed by atoms with Gasteiger partial charge >= 0.3 is 0 Å². The summed E-state index contributed by atoms with van der Waals surface area (Å²) in [4.78, 5) is 13.3. The molecular weight excluding hydrogens is 452 g/mol. The zero-order valence-corrected chi connectivity index (χ0v) is 20.4. The molecule has 8 nitrogen and oxygen atoms in total. The molecule has 0 radical (unpaired) electrons. The molecule has 8 heteroatoms. The number of rotatable bonds is 8. The highest BCUT2D eigenvalue weighted by Crippen LogP contribution is 2.44. The smallest absolute Gasteiger partial charge is 0.239 e. The van der Waals surface area contributed by atoms with Gasteiger partial charge in [0.2, 0.25) is 16.9 Å². The van der Waals surface area contributed by atoms with Gasteiger partial charge in [0, 0.05) is 18.1 Å². The second-order valence-corrected chi connectivity index (χ2v) is 8.64. The second-order valence-electron chi connectivity index (χ2n) is 8.64. The number of methoxy groups -OCH3 is 2. The average molecular weight is 483 g/mol. The first-order valence-electron chi connectivity index (χ1n) is 11.0. The van der Waals surface area contributed by atoms with Crippen LogP contribution in [0.2, 0.25) is 0 Å². The Kier molecular flexibility index (Phi) is 7.45. The molecule has 0 unspecified atom stereocenters. The molecular formula is C27H30O8. The van der Waals surface area contributed by atoms with Crippen molar-refractivity contribution in [2.75, 3.05) is 14.2 Å². The molecule has 2 aromatic carbocycles. The highest BCUT2D eigenvalue weighted by Gasteiger charge is 2.25. The number of hydrogen-bond donors (Lipinski definition) is 4. The van der Waals surface area contributed by atoms with Crippen molar-refractivity contribution in [2.24, 2.45) is 0 Å². The average Bonchev–Trinajstić information content (AvgIpc) is 2.79. The van der Waals surface area contributed by atoms with Gasteiger partial charge in [0.15, 0.2) is 17.3 Å². The minimum Gasteiger partial charge on any atom is -0.507 e. The van der Waals surface area contributed by atoms with Gasteiger partial charge in [-0.15, -0.1) is 0 Å². The molecule has 0 bridgehead atoms. The van der Waals surface area contributed by atoms with Crippen LogP contribution in [0, 0.1) is 0 Å². The van der Waals surface area contributed by atoms with Gasteiger partial charge in [0.25, 0.3) is 0 Å². The Balaban J connectivity index is 2.35. The van der Waals surface area contributed by atoms with Crippen LogP contribution >= 0.6 is 0 Å².